The van der Waals surface area contributed by atoms with Crippen LogP contribution < -0.4 is 5.32 Å². The number of hydrogen-bond donors (Lipinski definition) is 2. The fraction of sp³-hybridized carbons (Fsp3) is 0.714. The smallest absolute Gasteiger partial charge is 0.412 e. The molecule has 13 heteroatoms. The highest BCUT2D eigenvalue weighted by molar-refractivity contribution is 7.81. The summed E-state index contributed by atoms with van der Waals surface area (Å²) in [4.78, 5) is 23.2. The van der Waals surface area contributed by atoms with Gasteiger partial charge in [-0.15, -0.1) is 0 Å². The molecule has 1 amide bonds. The van der Waals surface area contributed by atoms with Crippen LogP contribution in [0.4, 0.5) is 30.7 Å². The molecule has 0 heterocycles. The van der Waals surface area contributed by atoms with Crippen molar-refractivity contribution in [1.82, 2.24) is 5.32 Å². The van der Waals surface area contributed by atoms with Gasteiger partial charge in [-0.25, -0.2) is 4.79 Å². The number of unbranched alkanes of at least 4 members (excludes halogenated alkanes) is 1. The third kappa shape index (κ3) is 6.55. The summed E-state index contributed by atoms with van der Waals surface area (Å²) in [5, 5.41) is -2.99. The average Bonchev–Trinajstić information content (AvgIpc) is 2.49. The molecule has 0 aromatic rings. The molecule has 5 nitrogen and oxygen atoms in total. The van der Waals surface area contributed by atoms with Crippen LogP contribution in [0, 0.1) is 0 Å². The van der Waals surface area contributed by atoms with Crippen LogP contribution in [-0.4, -0.2) is 48.7 Å². The lowest BCUT2D eigenvalue weighted by molar-refractivity contribution is -0.347. The van der Waals surface area contributed by atoms with Crippen molar-refractivity contribution in [2.75, 3.05) is 13.7 Å². The van der Waals surface area contributed by atoms with E-state index in [9.17, 15) is 40.3 Å². The summed E-state index contributed by atoms with van der Waals surface area (Å²) >= 11 is 2.46. The van der Waals surface area contributed by atoms with E-state index in [2.05, 4.69) is 28.7 Å². The maximum Gasteiger partial charge on any atom is 0.466 e. The molecular formula is C14H18F7NO4S. The highest BCUT2D eigenvalue weighted by atomic mass is 32.1. The standard InChI is InChI=1S/C14H18F7NO4S/c1-8(2)9(23)26-12(10(24)22-3,13(17,18)19)25-7-5-4-6-11(15,16)14(20,21)27/h27H,1,4-7H2,2-3H3,(H,22,24). The lowest BCUT2D eigenvalue weighted by Gasteiger charge is -2.32. The Balaban J connectivity index is 5.20. The van der Waals surface area contributed by atoms with Gasteiger partial charge in [-0.2, -0.15) is 30.7 Å². The number of rotatable bonds is 10. The Morgan fingerprint density at radius 3 is 1.96 bits per heavy atom. The van der Waals surface area contributed by atoms with Gasteiger partial charge in [0.25, 0.3) is 0 Å². The van der Waals surface area contributed by atoms with Crippen LogP contribution in [0.5, 0.6) is 0 Å². The van der Waals surface area contributed by atoms with E-state index < -0.39 is 66.5 Å². The highest BCUT2D eigenvalue weighted by Crippen LogP contribution is 2.41. The normalized spacial score (nSPS) is 15.0. The molecule has 0 aliphatic heterocycles. The minimum atomic E-state index is -5.53. The second-order valence-corrected chi connectivity index (χ2v) is 5.98. The Labute approximate surface area is 155 Å². The van der Waals surface area contributed by atoms with Crippen molar-refractivity contribution in [3.63, 3.8) is 0 Å². The summed E-state index contributed by atoms with van der Waals surface area (Å²) in [7, 11) is 0.816. The zero-order valence-corrected chi connectivity index (χ0v) is 15.2. The van der Waals surface area contributed by atoms with Gasteiger partial charge in [0.15, 0.2) is 0 Å². The van der Waals surface area contributed by atoms with Gasteiger partial charge in [0.1, 0.15) is 0 Å². The van der Waals surface area contributed by atoms with Crippen LogP contribution in [0.15, 0.2) is 12.2 Å². The number of esters is 1. The van der Waals surface area contributed by atoms with Crippen molar-refractivity contribution in [2.24, 2.45) is 0 Å². The number of hydrogen-bond acceptors (Lipinski definition) is 5. The molecule has 27 heavy (non-hydrogen) atoms. The van der Waals surface area contributed by atoms with Gasteiger partial charge in [0.2, 0.25) is 0 Å². The molecule has 0 saturated heterocycles. The number of carbonyl (C=O) groups excluding carboxylic acids is 2. The number of ether oxygens (including phenoxy) is 2. The van der Waals surface area contributed by atoms with Gasteiger partial charge >= 0.3 is 35.0 Å². The number of alkyl halides is 7. The first-order chi connectivity index (χ1) is 12.0. The molecule has 1 N–H and O–H groups in total. The lowest BCUT2D eigenvalue weighted by Crippen LogP contribution is -2.61. The molecule has 0 aliphatic rings. The molecule has 1 unspecified atom stereocenters. The summed E-state index contributed by atoms with van der Waals surface area (Å²) in [6.07, 6.45) is -8.17. The van der Waals surface area contributed by atoms with Crippen molar-refractivity contribution < 1.29 is 49.8 Å². The summed E-state index contributed by atoms with van der Waals surface area (Å²) in [5.74, 6) is -12.0. The number of likely N-dealkylation sites (N-methyl/N-ethyl adjacent to an activating group) is 1. The van der Waals surface area contributed by atoms with Crippen LogP contribution >= 0.6 is 12.6 Å². The quantitative estimate of drug-likeness (QED) is 0.139. The van der Waals surface area contributed by atoms with E-state index in [-0.39, 0.29) is 0 Å². The Bertz CT molecular complexity index is 563. The number of halogens is 7. The maximum atomic E-state index is 13.4. The second kappa shape index (κ2) is 9.13. The van der Waals surface area contributed by atoms with E-state index in [0.29, 0.717) is 0 Å². The van der Waals surface area contributed by atoms with Crippen LogP contribution in [0.2, 0.25) is 0 Å². The second-order valence-electron chi connectivity index (χ2n) is 5.41. The zero-order chi connectivity index (χ0) is 21.7. The van der Waals surface area contributed by atoms with E-state index in [1.165, 1.54) is 0 Å². The molecule has 0 radical (unpaired) electrons. The van der Waals surface area contributed by atoms with E-state index >= 15 is 0 Å². The van der Waals surface area contributed by atoms with E-state index in [4.69, 9.17) is 0 Å². The van der Waals surface area contributed by atoms with Gasteiger partial charge in [0, 0.05) is 19.0 Å². The molecular weight excluding hydrogens is 411 g/mol. The molecule has 0 spiro atoms. The van der Waals surface area contributed by atoms with E-state index in [0.717, 1.165) is 14.0 Å². The maximum absolute atomic E-state index is 13.4. The van der Waals surface area contributed by atoms with Gasteiger partial charge in [-0.1, -0.05) is 19.2 Å². The van der Waals surface area contributed by atoms with Crippen LogP contribution in [0.25, 0.3) is 0 Å². The van der Waals surface area contributed by atoms with Crippen molar-refractivity contribution in [3.05, 3.63) is 12.2 Å². The third-order valence-corrected chi connectivity index (χ3v) is 3.44. The summed E-state index contributed by atoms with van der Waals surface area (Å²) in [6.45, 7) is 3.10. The molecule has 0 aliphatic carbocycles. The summed E-state index contributed by atoms with van der Waals surface area (Å²) in [6, 6.07) is 0. The molecule has 1 atom stereocenters. The predicted octanol–water partition coefficient (Wildman–Crippen LogP) is 3.46. The fourth-order valence-electron chi connectivity index (χ4n) is 1.61. The number of amides is 1. The first-order valence-electron chi connectivity index (χ1n) is 7.31. The van der Waals surface area contributed by atoms with Gasteiger partial charge < -0.3 is 14.8 Å². The van der Waals surface area contributed by atoms with Crippen LogP contribution in [0.1, 0.15) is 26.2 Å². The minimum absolute atomic E-state index is 0.466. The van der Waals surface area contributed by atoms with Crippen LogP contribution in [0.3, 0.4) is 0 Å². The average molecular weight is 429 g/mol. The minimum Gasteiger partial charge on any atom is -0.412 e. The topological polar surface area (TPSA) is 64.6 Å². The first kappa shape index (κ1) is 25.5. The van der Waals surface area contributed by atoms with Gasteiger partial charge in [-0.05, 0) is 19.8 Å². The van der Waals surface area contributed by atoms with Gasteiger partial charge in [-0.3, -0.25) is 4.79 Å². The monoisotopic (exact) mass is 429 g/mol. The first-order valence-corrected chi connectivity index (χ1v) is 7.76. The Morgan fingerprint density at radius 1 is 1.07 bits per heavy atom. The van der Waals surface area contributed by atoms with Crippen molar-refractivity contribution in [3.8, 4) is 0 Å². The fourth-order valence-corrected chi connectivity index (χ4v) is 1.72. The van der Waals surface area contributed by atoms with E-state index in [1.807, 2.05) is 0 Å². The Kier molecular flexibility index (Phi) is 8.62. The Hall–Kier alpha value is -1.50. The van der Waals surface area contributed by atoms with E-state index in [1.54, 1.807) is 5.32 Å². The number of nitrogens with one attached hydrogen (secondary N) is 1. The molecule has 0 fully saturated rings. The summed E-state index contributed by atoms with van der Waals surface area (Å²) in [5.41, 5.74) is -0.466. The van der Waals surface area contributed by atoms with Gasteiger partial charge in [0.05, 0.1) is 6.61 Å². The number of thiol groups is 1. The predicted molar refractivity (Wildman–Crippen MR) is 82.4 cm³/mol. The molecule has 0 aromatic heterocycles. The SMILES string of the molecule is C=C(C)C(=O)OC(OCCCCC(F)(F)C(F)(F)S)(C(=O)NC)C(F)(F)F. The molecule has 158 valence electrons. The largest absolute Gasteiger partial charge is 0.466 e. The van der Waals surface area contributed by atoms with Crippen molar-refractivity contribution in [1.29, 1.82) is 0 Å². The third-order valence-electron chi connectivity index (χ3n) is 3.11. The summed E-state index contributed by atoms with van der Waals surface area (Å²) < 4.78 is 99.8. The zero-order valence-electron chi connectivity index (χ0n) is 14.3. The molecule has 0 bridgehead atoms. The van der Waals surface area contributed by atoms with Crippen molar-refractivity contribution in [2.45, 2.75) is 49.3 Å². The molecule has 0 rings (SSSR count). The lowest BCUT2D eigenvalue weighted by atomic mass is 10.1. The molecule has 0 saturated carbocycles. The molecule has 0 aromatic carbocycles. The van der Waals surface area contributed by atoms with Crippen LogP contribution in [-0.2, 0) is 19.1 Å². The highest BCUT2D eigenvalue weighted by Gasteiger charge is 2.66. The number of carbonyl (C=O) groups is 2. The Morgan fingerprint density at radius 2 is 1.59 bits per heavy atom. The van der Waals surface area contributed by atoms with Crippen molar-refractivity contribution >= 4 is 24.5 Å².